The number of alkyl halides is 1. The molecule has 38 heavy (non-hydrogen) atoms. The lowest BCUT2D eigenvalue weighted by Gasteiger charge is -2.65. The summed E-state index contributed by atoms with van der Waals surface area (Å²) in [6.45, 7) is 9.69. The summed E-state index contributed by atoms with van der Waals surface area (Å²) < 4.78 is 6.12. The summed E-state index contributed by atoms with van der Waals surface area (Å²) in [4.78, 5) is 51.8. The average Bonchev–Trinajstić information content (AvgIpc) is 3.02. The van der Waals surface area contributed by atoms with Crippen molar-refractivity contribution in [2.45, 2.75) is 83.8 Å². The molecule has 2 saturated heterocycles. The van der Waals surface area contributed by atoms with Crippen LogP contribution in [0, 0.1) is 34.0 Å². The molecule has 6 rings (SSSR count). The van der Waals surface area contributed by atoms with E-state index in [2.05, 4.69) is 5.32 Å². The maximum atomic E-state index is 13.7. The van der Waals surface area contributed by atoms with Gasteiger partial charge in [-0.3, -0.25) is 19.2 Å². The third-order valence-corrected chi connectivity index (χ3v) is 11.6. The normalized spacial score (nSPS) is 44.0. The minimum Gasteiger partial charge on any atom is -0.488 e. The predicted molar refractivity (Wildman–Crippen MR) is 139 cm³/mol. The van der Waals surface area contributed by atoms with Gasteiger partial charge in [-0.25, -0.2) is 0 Å². The van der Waals surface area contributed by atoms with E-state index < -0.39 is 63.3 Å². The van der Waals surface area contributed by atoms with E-state index in [0.717, 1.165) is 0 Å². The minimum absolute atomic E-state index is 0.0386. The molecule has 1 amide bonds. The van der Waals surface area contributed by atoms with Gasteiger partial charge in [0.25, 0.3) is 0 Å². The predicted octanol–water partition coefficient (Wildman–Crippen LogP) is 2.63. The molecule has 2 unspecified atom stereocenters. The number of hydrogen-bond acceptors (Lipinski definition) is 7. The second-order valence-electron chi connectivity index (χ2n) is 13.5. The molecule has 9 heteroatoms. The molecule has 0 aromatic rings. The number of carbonyl (C=O) groups is 4. The van der Waals surface area contributed by atoms with E-state index in [1.54, 1.807) is 27.7 Å². The van der Waals surface area contributed by atoms with Crippen molar-refractivity contribution in [3.05, 3.63) is 23.0 Å². The third-order valence-electron chi connectivity index (χ3n) is 10.6. The molecule has 6 bridgehead atoms. The van der Waals surface area contributed by atoms with Crippen LogP contribution in [0.2, 0.25) is 0 Å². The highest BCUT2D eigenvalue weighted by atomic mass is 35.5. The van der Waals surface area contributed by atoms with Gasteiger partial charge < -0.3 is 20.3 Å². The van der Waals surface area contributed by atoms with Crippen molar-refractivity contribution in [1.82, 2.24) is 5.32 Å². The Kier molecular flexibility index (Phi) is 5.97. The second-order valence-corrected chi connectivity index (χ2v) is 14.1. The number of ketones is 3. The highest BCUT2D eigenvalue weighted by Gasteiger charge is 2.76. The van der Waals surface area contributed by atoms with Gasteiger partial charge in [0.2, 0.25) is 11.7 Å². The zero-order valence-corrected chi connectivity index (χ0v) is 23.7. The summed E-state index contributed by atoms with van der Waals surface area (Å²) in [5, 5.41) is 26.4. The standard InChI is InChI=1S/C29H38ClNO7/c1-14-9-17-16-8-7-15-10-18(32)22(19(33)12-31-24(36)25(2,3)4)23-27(15,6)28(16,30)20(34)11-26(17,5)29(14,37)21(35)13-38-23/h10,14,16-17,20,34,37H,7-9,11-13H2,1-6H3,(H,31,36)/t14-,16-,17?,20-,26-,27+,28?,29-/m0/s1. The van der Waals surface area contributed by atoms with Gasteiger partial charge in [0.05, 0.1) is 22.9 Å². The minimum atomic E-state index is -1.75. The molecule has 4 aliphatic carbocycles. The number of amides is 1. The van der Waals surface area contributed by atoms with E-state index in [9.17, 15) is 29.4 Å². The van der Waals surface area contributed by atoms with E-state index in [4.69, 9.17) is 16.3 Å². The number of carbonyl (C=O) groups excluding carboxylic acids is 4. The maximum absolute atomic E-state index is 13.7. The van der Waals surface area contributed by atoms with Crippen LogP contribution in [0.1, 0.15) is 67.2 Å². The van der Waals surface area contributed by atoms with Gasteiger partial charge in [-0.1, -0.05) is 40.2 Å². The van der Waals surface area contributed by atoms with Gasteiger partial charge in [-0.15, -0.1) is 11.6 Å². The van der Waals surface area contributed by atoms with Gasteiger partial charge >= 0.3 is 0 Å². The molecular weight excluding hydrogens is 510 g/mol. The Morgan fingerprint density at radius 3 is 2.50 bits per heavy atom. The molecule has 0 radical (unpaired) electrons. The van der Waals surface area contributed by atoms with Gasteiger partial charge in [0.1, 0.15) is 23.5 Å². The van der Waals surface area contributed by atoms with Crippen LogP contribution in [0.25, 0.3) is 0 Å². The van der Waals surface area contributed by atoms with Crippen LogP contribution in [0.5, 0.6) is 0 Å². The summed E-state index contributed by atoms with van der Waals surface area (Å²) in [7, 11) is 0. The Labute approximate surface area is 228 Å². The van der Waals surface area contributed by atoms with Crippen molar-refractivity contribution < 1.29 is 34.1 Å². The van der Waals surface area contributed by atoms with Crippen LogP contribution in [-0.2, 0) is 23.9 Å². The summed E-state index contributed by atoms with van der Waals surface area (Å²) in [5.41, 5.74) is -4.23. The third kappa shape index (κ3) is 3.17. The molecule has 5 fully saturated rings. The van der Waals surface area contributed by atoms with E-state index in [-0.39, 0.29) is 41.4 Å². The largest absolute Gasteiger partial charge is 0.488 e. The van der Waals surface area contributed by atoms with Crippen LogP contribution >= 0.6 is 11.6 Å². The Balaban J connectivity index is 1.70. The van der Waals surface area contributed by atoms with Gasteiger partial charge in [-0.2, -0.15) is 0 Å². The van der Waals surface area contributed by atoms with E-state index >= 15 is 0 Å². The molecular formula is C29H38ClNO7. The van der Waals surface area contributed by atoms with Crippen LogP contribution in [-0.4, -0.2) is 63.2 Å². The van der Waals surface area contributed by atoms with Crippen molar-refractivity contribution in [3.8, 4) is 0 Å². The lowest BCUT2D eigenvalue weighted by atomic mass is 9.44. The molecule has 0 spiro atoms. The molecule has 2 heterocycles. The zero-order valence-electron chi connectivity index (χ0n) is 22.9. The van der Waals surface area contributed by atoms with Crippen LogP contribution in [0.4, 0.5) is 0 Å². The number of hydrogen-bond donors (Lipinski definition) is 3. The lowest BCUT2D eigenvalue weighted by Crippen LogP contribution is -2.71. The zero-order chi connectivity index (χ0) is 28.2. The second kappa shape index (κ2) is 8.24. The lowest BCUT2D eigenvalue weighted by molar-refractivity contribution is -0.188. The Morgan fingerprint density at radius 2 is 1.87 bits per heavy atom. The van der Waals surface area contributed by atoms with Crippen molar-refractivity contribution in [2.75, 3.05) is 13.2 Å². The molecule has 2 aliphatic heterocycles. The number of aliphatic hydroxyl groups is 2. The van der Waals surface area contributed by atoms with E-state index in [1.807, 2.05) is 13.8 Å². The number of aliphatic hydroxyl groups excluding tert-OH is 1. The number of ether oxygens (including phenoxy) is 1. The fraction of sp³-hybridized carbons (Fsp3) is 0.724. The molecule has 0 aromatic carbocycles. The summed E-state index contributed by atoms with van der Waals surface area (Å²) in [6.07, 6.45) is 2.05. The van der Waals surface area contributed by atoms with E-state index in [0.29, 0.717) is 24.8 Å². The summed E-state index contributed by atoms with van der Waals surface area (Å²) >= 11 is 7.59. The summed E-state index contributed by atoms with van der Waals surface area (Å²) in [5.74, 6) is -2.98. The van der Waals surface area contributed by atoms with Gasteiger partial charge in [-0.05, 0) is 56.4 Å². The number of allylic oxidation sites excluding steroid dienone is 2. The van der Waals surface area contributed by atoms with Crippen LogP contribution in [0.15, 0.2) is 23.0 Å². The first-order chi connectivity index (χ1) is 17.5. The Hall–Kier alpha value is -2.03. The number of nitrogens with one attached hydrogen (secondary N) is 1. The van der Waals surface area contributed by atoms with Crippen molar-refractivity contribution in [3.63, 3.8) is 0 Å². The van der Waals surface area contributed by atoms with Crippen LogP contribution < -0.4 is 5.32 Å². The van der Waals surface area contributed by atoms with Gasteiger partial charge in [0.15, 0.2) is 11.6 Å². The Bertz CT molecular complexity index is 1220. The van der Waals surface area contributed by atoms with Crippen molar-refractivity contribution >= 4 is 34.9 Å². The summed E-state index contributed by atoms with van der Waals surface area (Å²) in [6, 6.07) is 0. The molecule has 208 valence electrons. The number of fused-ring (bicyclic) bond motifs is 3. The van der Waals surface area contributed by atoms with Crippen LogP contribution in [0.3, 0.4) is 0 Å². The van der Waals surface area contributed by atoms with Crippen molar-refractivity contribution in [2.24, 2.45) is 34.0 Å². The molecule has 6 aliphatic rings. The molecule has 3 saturated carbocycles. The molecule has 3 N–H and O–H groups in total. The topological polar surface area (TPSA) is 130 Å². The number of rotatable bonds is 3. The van der Waals surface area contributed by atoms with Crippen molar-refractivity contribution in [1.29, 1.82) is 0 Å². The Morgan fingerprint density at radius 1 is 1.21 bits per heavy atom. The highest BCUT2D eigenvalue weighted by Crippen LogP contribution is 2.73. The van der Waals surface area contributed by atoms with Gasteiger partial charge in [0, 0.05) is 10.8 Å². The SMILES string of the molecule is C[C@H]1CC2[C@@H]3CCC4=CC(=O)C(C(=O)CNC(=O)C(C)(C)C)=C5OCC(=O)[C@]1(O)[C@@]2(C)C[C@H](O)C3(Cl)[C@]45C. The molecule has 0 aromatic heterocycles. The first kappa shape index (κ1) is 27.5. The van der Waals surface area contributed by atoms with E-state index in [1.165, 1.54) is 6.08 Å². The monoisotopic (exact) mass is 547 g/mol. The highest BCUT2D eigenvalue weighted by molar-refractivity contribution is 6.29. The fourth-order valence-corrected chi connectivity index (χ4v) is 9.09. The smallest absolute Gasteiger partial charge is 0.225 e. The fourth-order valence-electron chi connectivity index (χ4n) is 8.55. The number of halogens is 1. The average molecular weight is 548 g/mol. The first-order valence-electron chi connectivity index (χ1n) is 13.5. The quantitative estimate of drug-likeness (QED) is 0.366. The number of Topliss-reactive ketones (excluding diaryl/α,β-unsaturated/α-hetero) is 2. The maximum Gasteiger partial charge on any atom is 0.225 e. The molecule has 8 nitrogen and oxygen atoms in total. The first-order valence-corrected chi connectivity index (χ1v) is 13.9. The molecule has 8 atom stereocenters.